The molecule has 0 unspecified atom stereocenters. The summed E-state index contributed by atoms with van der Waals surface area (Å²) in [7, 11) is 0. The first kappa shape index (κ1) is 23.9. The van der Waals surface area contributed by atoms with Gasteiger partial charge in [-0.1, -0.05) is 39.2 Å². The van der Waals surface area contributed by atoms with Crippen molar-refractivity contribution in [2.75, 3.05) is 44.2 Å². The maximum atomic E-state index is 12.7. The molecule has 0 aromatic carbocycles. The second kappa shape index (κ2) is 13.8. The van der Waals surface area contributed by atoms with E-state index in [0.717, 1.165) is 70.8 Å². The Balaban J connectivity index is 0.00000145. The predicted molar refractivity (Wildman–Crippen MR) is 120 cm³/mol. The van der Waals surface area contributed by atoms with Crippen molar-refractivity contribution in [3.05, 3.63) is 18.2 Å². The fourth-order valence-electron chi connectivity index (χ4n) is 4.00. The molecule has 1 aliphatic heterocycles. The van der Waals surface area contributed by atoms with Gasteiger partial charge in [-0.2, -0.15) is 3.89 Å². The highest BCUT2D eigenvalue weighted by Crippen LogP contribution is 2.23. The molecule has 1 aromatic rings. The Morgan fingerprint density at radius 1 is 1.14 bits per heavy atom. The standard InChI is InChI=1S/C20H31FN4OS.C2H6/c21-27-19-10-6-9-18(23-19)25-15-13-24(14-16-25)12-5-4-11-22-20(26)17-7-2-1-3-8-17;1-2/h6,9-10,17H,1-5,7-8,11-16H2,(H,22,26);1-2H3. The number of anilines is 1. The number of piperazine rings is 1. The monoisotopic (exact) mass is 424 g/mol. The Morgan fingerprint density at radius 2 is 1.86 bits per heavy atom. The SMILES string of the molecule is CC.O=C(NCCCCN1CCN(c2cccc(SF)n2)CC1)C1CCCCC1. The van der Waals surface area contributed by atoms with Gasteiger partial charge in [0.05, 0.1) is 0 Å². The Morgan fingerprint density at radius 3 is 2.55 bits per heavy atom. The van der Waals surface area contributed by atoms with Gasteiger partial charge in [-0.05, 0) is 44.4 Å². The fourth-order valence-corrected chi connectivity index (χ4v) is 4.26. The minimum absolute atomic E-state index is 0.196. The smallest absolute Gasteiger partial charge is 0.223 e. The molecule has 1 saturated heterocycles. The zero-order valence-corrected chi connectivity index (χ0v) is 18.9. The van der Waals surface area contributed by atoms with Crippen molar-refractivity contribution < 1.29 is 8.68 Å². The van der Waals surface area contributed by atoms with Crippen molar-refractivity contribution in [2.24, 2.45) is 5.92 Å². The van der Waals surface area contributed by atoms with Crippen LogP contribution in [0.4, 0.5) is 9.70 Å². The van der Waals surface area contributed by atoms with Crippen LogP contribution in [0, 0.1) is 5.92 Å². The van der Waals surface area contributed by atoms with Crippen LogP contribution in [0.5, 0.6) is 0 Å². The second-order valence-corrected chi connectivity index (χ2v) is 8.15. The van der Waals surface area contributed by atoms with Gasteiger partial charge in [-0.25, -0.2) is 4.98 Å². The van der Waals surface area contributed by atoms with Gasteiger partial charge in [0, 0.05) is 38.6 Å². The first-order valence-electron chi connectivity index (χ1n) is 11.3. The maximum absolute atomic E-state index is 12.7. The molecule has 0 bridgehead atoms. The number of rotatable bonds is 8. The number of nitrogens with zero attached hydrogens (tertiary/aromatic N) is 3. The minimum atomic E-state index is 0.196. The van der Waals surface area contributed by atoms with Crippen LogP contribution in [-0.4, -0.2) is 55.1 Å². The summed E-state index contributed by atoms with van der Waals surface area (Å²) in [5, 5.41) is 3.54. The van der Waals surface area contributed by atoms with Gasteiger partial charge < -0.3 is 10.2 Å². The first-order valence-corrected chi connectivity index (χ1v) is 12.0. The van der Waals surface area contributed by atoms with E-state index in [0.29, 0.717) is 5.03 Å². The van der Waals surface area contributed by atoms with Gasteiger partial charge in [-0.15, -0.1) is 0 Å². The molecular weight excluding hydrogens is 387 g/mol. The average molecular weight is 425 g/mol. The molecule has 1 aromatic heterocycles. The van der Waals surface area contributed by atoms with Gasteiger partial charge in [0.1, 0.15) is 23.0 Å². The van der Waals surface area contributed by atoms with E-state index in [1.54, 1.807) is 6.07 Å². The van der Waals surface area contributed by atoms with Crippen molar-refractivity contribution in [1.29, 1.82) is 0 Å². The number of hydrogen-bond donors (Lipinski definition) is 1. The molecule has 164 valence electrons. The molecule has 2 aliphatic rings. The molecule has 3 rings (SSSR count). The zero-order chi connectivity index (χ0) is 20.9. The highest BCUT2D eigenvalue weighted by Gasteiger charge is 2.21. The van der Waals surface area contributed by atoms with Crippen LogP contribution in [0.25, 0.3) is 0 Å². The summed E-state index contributed by atoms with van der Waals surface area (Å²) in [4.78, 5) is 21.1. The second-order valence-electron chi connectivity index (χ2n) is 7.57. The lowest BCUT2D eigenvalue weighted by molar-refractivity contribution is -0.125. The average Bonchev–Trinajstić information content (AvgIpc) is 2.81. The third-order valence-corrected chi connectivity index (χ3v) is 6.05. The summed E-state index contributed by atoms with van der Waals surface area (Å²) in [6.07, 6.45) is 7.98. The quantitative estimate of drug-likeness (QED) is 0.614. The van der Waals surface area contributed by atoms with E-state index in [2.05, 4.69) is 20.1 Å². The number of halogens is 1. The van der Waals surface area contributed by atoms with Crippen LogP contribution in [0.3, 0.4) is 0 Å². The van der Waals surface area contributed by atoms with Crippen molar-refractivity contribution in [2.45, 2.75) is 63.8 Å². The van der Waals surface area contributed by atoms with E-state index in [4.69, 9.17) is 0 Å². The summed E-state index contributed by atoms with van der Waals surface area (Å²) in [6, 6.07) is 5.50. The van der Waals surface area contributed by atoms with Crippen LogP contribution >= 0.6 is 12.1 Å². The molecular formula is C22H37FN4OS. The number of aromatic nitrogens is 1. The van der Waals surface area contributed by atoms with Crippen LogP contribution in [0.2, 0.25) is 0 Å². The Hall–Kier alpha value is -1.34. The molecule has 1 amide bonds. The van der Waals surface area contributed by atoms with Crippen molar-refractivity contribution in [3.8, 4) is 0 Å². The van der Waals surface area contributed by atoms with Crippen molar-refractivity contribution in [1.82, 2.24) is 15.2 Å². The molecule has 1 N–H and O–H groups in total. The zero-order valence-electron chi connectivity index (χ0n) is 18.0. The van der Waals surface area contributed by atoms with Crippen LogP contribution < -0.4 is 10.2 Å². The summed E-state index contributed by atoms with van der Waals surface area (Å²) in [5.41, 5.74) is 0. The van der Waals surface area contributed by atoms with E-state index >= 15 is 0 Å². The van der Waals surface area contributed by atoms with Gasteiger partial charge in [0.2, 0.25) is 5.91 Å². The molecule has 0 radical (unpaired) electrons. The minimum Gasteiger partial charge on any atom is -0.356 e. The molecule has 0 spiro atoms. The number of amides is 1. The molecule has 1 saturated carbocycles. The Bertz CT molecular complexity index is 590. The van der Waals surface area contributed by atoms with E-state index < -0.39 is 0 Å². The molecule has 2 fully saturated rings. The molecule has 2 heterocycles. The van der Waals surface area contributed by atoms with Crippen LogP contribution in [0.15, 0.2) is 23.2 Å². The number of carbonyl (C=O) groups is 1. The lowest BCUT2D eigenvalue weighted by Crippen LogP contribution is -2.47. The van der Waals surface area contributed by atoms with Crippen LogP contribution in [0.1, 0.15) is 58.8 Å². The normalized spacial score (nSPS) is 18.1. The van der Waals surface area contributed by atoms with E-state index in [1.165, 1.54) is 19.3 Å². The Labute approximate surface area is 180 Å². The van der Waals surface area contributed by atoms with Gasteiger partial charge in [-0.3, -0.25) is 9.69 Å². The molecule has 1 aliphatic carbocycles. The third-order valence-electron chi connectivity index (χ3n) is 5.66. The summed E-state index contributed by atoms with van der Waals surface area (Å²) in [6.45, 7) is 9.72. The van der Waals surface area contributed by atoms with E-state index in [-0.39, 0.29) is 24.0 Å². The number of pyridine rings is 1. The number of nitrogens with one attached hydrogen (secondary N) is 1. The molecule has 29 heavy (non-hydrogen) atoms. The van der Waals surface area contributed by atoms with Crippen LogP contribution in [-0.2, 0) is 4.79 Å². The van der Waals surface area contributed by atoms with E-state index in [1.807, 2.05) is 26.0 Å². The molecule has 7 heteroatoms. The number of unbranched alkanes of at least 4 members (excludes halogenated alkanes) is 1. The highest BCUT2D eigenvalue weighted by atomic mass is 32.2. The van der Waals surface area contributed by atoms with Crippen molar-refractivity contribution in [3.63, 3.8) is 0 Å². The number of hydrogen-bond acceptors (Lipinski definition) is 5. The summed E-state index contributed by atoms with van der Waals surface area (Å²) < 4.78 is 12.7. The summed E-state index contributed by atoms with van der Waals surface area (Å²) in [5.74, 6) is 1.39. The topological polar surface area (TPSA) is 48.5 Å². The fraction of sp³-hybridized carbons (Fsp3) is 0.727. The third kappa shape index (κ3) is 8.13. The lowest BCUT2D eigenvalue weighted by Gasteiger charge is -2.35. The summed E-state index contributed by atoms with van der Waals surface area (Å²) >= 11 is 0.196. The van der Waals surface area contributed by atoms with Gasteiger partial charge >= 0.3 is 0 Å². The Kier molecular flexibility index (Phi) is 11.4. The first-order chi connectivity index (χ1) is 14.3. The lowest BCUT2D eigenvalue weighted by atomic mass is 9.89. The molecule has 0 atom stereocenters. The van der Waals surface area contributed by atoms with Crippen molar-refractivity contribution >= 4 is 23.9 Å². The van der Waals surface area contributed by atoms with Gasteiger partial charge in [0.15, 0.2) is 0 Å². The van der Waals surface area contributed by atoms with E-state index in [9.17, 15) is 8.68 Å². The maximum Gasteiger partial charge on any atom is 0.223 e. The molecule has 5 nitrogen and oxygen atoms in total. The largest absolute Gasteiger partial charge is 0.356 e. The highest BCUT2D eigenvalue weighted by molar-refractivity contribution is 7.94. The number of carbonyl (C=O) groups excluding carboxylic acids is 1. The predicted octanol–water partition coefficient (Wildman–Crippen LogP) is 4.68. The van der Waals surface area contributed by atoms with Gasteiger partial charge in [0.25, 0.3) is 0 Å².